The van der Waals surface area contributed by atoms with Crippen LogP contribution >= 0.6 is 11.6 Å². The molecule has 1 aromatic carbocycles. The lowest BCUT2D eigenvalue weighted by atomic mass is 10.1. The van der Waals surface area contributed by atoms with Gasteiger partial charge in [0.2, 0.25) is 0 Å². The van der Waals surface area contributed by atoms with Crippen molar-refractivity contribution in [3.63, 3.8) is 0 Å². The van der Waals surface area contributed by atoms with Crippen LogP contribution in [-0.4, -0.2) is 0 Å². The maximum absolute atomic E-state index is 8.62. The van der Waals surface area contributed by atoms with E-state index in [2.05, 4.69) is 6.07 Å². The van der Waals surface area contributed by atoms with E-state index < -0.39 is 0 Å². The second-order valence-corrected chi connectivity index (χ2v) is 3.57. The summed E-state index contributed by atoms with van der Waals surface area (Å²) < 4.78 is 0. The van der Waals surface area contributed by atoms with E-state index in [-0.39, 0.29) is 5.92 Å². The summed E-state index contributed by atoms with van der Waals surface area (Å²) in [4.78, 5) is 0. The maximum atomic E-state index is 8.62. The van der Waals surface area contributed by atoms with Crippen LogP contribution in [0.5, 0.6) is 0 Å². The van der Waals surface area contributed by atoms with Crippen molar-refractivity contribution in [2.75, 3.05) is 0 Å². The molecule has 2 rings (SSSR count). The molecule has 0 aromatic heterocycles. The number of hydrogen-bond donors (Lipinski definition) is 0. The number of rotatable bonds is 1. The topological polar surface area (TPSA) is 23.8 Å². The van der Waals surface area contributed by atoms with Crippen LogP contribution in [0.15, 0.2) is 24.3 Å². The predicted molar refractivity (Wildman–Crippen MR) is 47.9 cm³/mol. The molecule has 1 aromatic rings. The third-order valence-corrected chi connectivity index (χ3v) is 2.51. The quantitative estimate of drug-likeness (QED) is 0.647. The van der Waals surface area contributed by atoms with Crippen molar-refractivity contribution in [3.05, 3.63) is 34.9 Å². The highest BCUT2D eigenvalue weighted by atomic mass is 35.5. The van der Waals surface area contributed by atoms with Crippen molar-refractivity contribution in [2.45, 2.75) is 12.3 Å². The van der Waals surface area contributed by atoms with E-state index in [0.717, 1.165) is 11.4 Å². The van der Waals surface area contributed by atoms with Crippen molar-refractivity contribution in [3.8, 4) is 6.07 Å². The van der Waals surface area contributed by atoms with Gasteiger partial charge in [0, 0.05) is 10.9 Å². The molecule has 0 N–H and O–H groups in total. The van der Waals surface area contributed by atoms with E-state index in [1.807, 2.05) is 24.3 Å². The summed E-state index contributed by atoms with van der Waals surface area (Å²) >= 11 is 5.74. The fourth-order valence-corrected chi connectivity index (χ4v) is 1.54. The zero-order valence-electron chi connectivity index (χ0n) is 6.50. The highest BCUT2D eigenvalue weighted by Crippen LogP contribution is 2.46. The molecule has 0 unspecified atom stereocenters. The van der Waals surface area contributed by atoms with Gasteiger partial charge in [-0.2, -0.15) is 5.26 Å². The first-order chi connectivity index (χ1) is 5.81. The van der Waals surface area contributed by atoms with E-state index >= 15 is 0 Å². The molecule has 1 saturated carbocycles. The molecule has 0 amide bonds. The van der Waals surface area contributed by atoms with E-state index in [1.54, 1.807) is 0 Å². The number of nitriles is 1. The molecule has 0 radical (unpaired) electrons. The van der Waals surface area contributed by atoms with Gasteiger partial charge in [0.05, 0.1) is 12.0 Å². The standard InChI is InChI=1S/C10H8ClN/c11-9-3-1-7(2-4-9)10-5-8(10)6-12/h1-4,8,10H,5H2/t8-,10+/m0/s1. The average Bonchev–Trinajstić information content (AvgIpc) is 2.85. The Kier molecular flexibility index (Phi) is 1.78. The monoisotopic (exact) mass is 177 g/mol. The number of hydrogen-bond acceptors (Lipinski definition) is 1. The molecule has 0 heterocycles. The van der Waals surface area contributed by atoms with Crippen LogP contribution in [0.4, 0.5) is 0 Å². The van der Waals surface area contributed by atoms with Crippen molar-refractivity contribution in [1.29, 1.82) is 5.26 Å². The first-order valence-corrected chi connectivity index (χ1v) is 4.34. The normalized spacial score (nSPS) is 26.3. The summed E-state index contributed by atoms with van der Waals surface area (Å²) in [6.07, 6.45) is 1.01. The Balaban J connectivity index is 2.17. The second kappa shape index (κ2) is 2.80. The second-order valence-electron chi connectivity index (χ2n) is 3.13. The molecule has 0 saturated heterocycles. The van der Waals surface area contributed by atoms with Gasteiger partial charge in [-0.25, -0.2) is 0 Å². The van der Waals surface area contributed by atoms with Crippen LogP contribution in [-0.2, 0) is 0 Å². The minimum absolute atomic E-state index is 0.242. The third-order valence-electron chi connectivity index (χ3n) is 2.25. The first-order valence-electron chi connectivity index (χ1n) is 3.96. The van der Waals surface area contributed by atoms with Gasteiger partial charge < -0.3 is 0 Å². The molecule has 1 aliphatic rings. The van der Waals surface area contributed by atoms with Gasteiger partial charge in [-0.1, -0.05) is 23.7 Å². The minimum atomic E-state index is 0.242. The van der Waals surface area contributed by atoms with Gasteiger partial charge in [0.15, 0.2) is 0 Å². The number of nitrogens with zero attached hydrogens (tertiary/aromatic N) is 1. The van der Waals surface area contributed by atoms with Crippen LogP contribution in [0, 0.1) is 17.2 Å². The molecule has 0 spiro atoms. The Bertz CT molecular complexity index is 323. The van der Waals surface area contributed by atoms with Crippen molar-refractivity contribution >= 4 is 11.6 Å². The third kappa shape index (κ3) is 1.31. The van der Waals surface area contributed by atoms with Crippen LogP contribution < -0.4 is 0 Å². The van der Waals surface area contributed by atoms with Crippen molar-refractivity contribution in [1.82, 2.24) is 0 Å². The number of benzene rings is 1. The molecular formula is C10H8ClN. The van der Waals surface area contributed by atoms with Crippen LogP contribution in [0.25, 0.3) is 0 Å². The van der Waals surface area contributed by atoms with E-state index in [9.17, 15) is 0 Å². The van der Waals surface area contributed by atoms with E-state index in [0.29, 0.717) is 5.92 Å². The van der Waals surface area contributed by atoms with Gasteiger partial charge >= 0.3 is 0 Å². The first kappa shape index (κ1) is 7.64. The van der Waals surface area contributed by atoms with Crippen LogP contribution in [0.2, 0.25) is 5.02 Å². The smallest absolute Gasteiger partial charge is 0.0662 e. The lowest BCUT2D eigenvalue weighted by Crippen LogP contribution is -1.79. The molecule has 12 heavy (non-hydrogen) atoms. The summed E-state index contributed by atoms with van der Waals surface area (Å²) in [5.74, 6) is 0.707. The minimum Gasteiger partial charge on any atom is -0.198 e. The summed E-state index contributed by atoms with van der Waals surface area (Å²) in [6.45, 7) is 0. The summed E-state index contributed by atoms with van der Waals surface area (Å²) in [5, 5.41) is 9.37. The van der Waals surface area contributed by atoms with Crippen molar-refractivity contribution < 1.29 is 0 Å². The lowest BCUT2D eigenvalue weighted by Gasteiger charge is -1.96. The Morgan fingerprint density at radius 3 is 2.50 bits per heavy atom. The molecule has 2 atom stereocenters. The van der Waals surface area contributed by atoms with Crippen molar-refractivity contribution in [2.24, 2.45) is 5.92 Å². The zero-order chi connectivity index (χ0) is 8.55. The molecule has 0 bridgehead atoms. The lowest BCUT2D eigenvalue weighted by molar-refractivity contribution is 1.02. The summed E-state index contributed by atoms with van der Waals surface area (Å²) in [6, 6.07) is 10.0. The fraction of sp³-hybridized carbons (Fsp3) is 0.300. The Hall–Kier alpha value is -1.00. The Morgan fingerprint density at radius 1 is 1.33 bits per heavy atom. The van der Waals surface area contributed by atoms with Gasteiger partial charge in [0.25, 0.3) is 0 Å². The molecule has 1 nitrogen and oxygen atoms in total. The highest BCUT2D eigenvalue weighted by Gasteiger charge is 2.38. The van der Waals surface area contributed by atoms with Crippen LogP contribution in [0.1, 0.15) is 17.9 Å². The Labute approximate surface area is 76.6 Å². The maximum Gasteiger partial charge on any atom is 0.0662 e. The largest absolute Gasteiger partial charge is 0.198 e. The molecule has 0 aliphatic heterocycles. The van der Waals surface area contributed by atoms with Gasteiger partial charge in [-0.05, 0) is 24.1 Å². The predicted octanol–water partition coefficient (Wildman–Crippen LogP) is 2.97. The Morgan fingerprint density at radius 2 is 2.00 bits per heavy atom. The SMILES string of the molecule is N#C[C@@H]1C[C@@H]1c1ccc(Cl)cc1. The van der Waals surface area contributed by atoms with Gasteiger partial charge in [-0.3, -0.25) is 0 Å². The van der Waals surface area contributed by atoms with Crippen LogP contribution in [0.3, 0.4) is 0 Å². The fourth-order valence-electron chi connectivity index (χ4n) is 1.42. The average molecular weight is 178 g/mol. The zero-order valence-corrected chi connectivity index (χ0v) is 7.25. The number of halogens is 1. The summed E-state index contributed by atoms with van der Waals surface area (Å²) in [5.41, 5.74) is 1.24. The van der Waals surface area contributed by atoms with E-state index in [4.69, 9.17) is 16.9 Å². The molecule has 60 valence electrons. The van der Waals surface area contributed by atoms with Gasteiger partial charge in [0.1, 0.15) is 0 Å². The van der Waals surface area contributed by atoms with E-state index in [1.165, 1.54) is 5.56 Å². The molecule has 1 fully saturated rings. The highest BCUT2D eigenvalue weighted by molar-refractivity contribution is 6.30. The molecule has 2 heteroatoms. The summed E-state index contributed by atoms with van der Waals surface area (Å²) in [7, 11) is 0. The molecular weight excluding hydrogens is 170 g/mol. The molecule has 1 aliphatic carbocycles. The van der Waals surface area contributed by atoms with Gasteiger partial charge in [-0.15, -0.1) is 0 Å².